The number of hydrogen-bond acceptors (Lipinski definition) is 7. The Bertz CT molecular complexity index is 2870. The fourth-order valence-corrected chi connectivity index (χ4v) is 7.30. The van der Waals surface area contributed by atoms with Crippen molar-refractivity contribution in [3.63, 3.8) is 0 Å². The summed E-state index contributed by atoms with van der Waals surface area (Å²) in [4.78, 5) is 30.1. The molecule has 55 heavy (non-hydrogen) atoms. The number of carbonyl (C=O) groups excluding carboxylic acids is 1. The zero-order valence-electron chi connectivity index (χ0n) is 29.4. The average molecular weight is 721 g/mol. The monoisotopic (exact) mass is 720 g/mol. The number of rotatable bonds is 5. The van der Waals surface area contributed by atoms with Gasteiger partial charge in [-0.15, -0.1) is 0 Å². The lowest BCUT2D eigenvalue weighted by Gasteiger charge is -2.08. The number of aromatic nitrogens is 4. The second kappa shape index (κ2) is 13.4. The predicted molar refractivity (Wildman–Crippen MR) is 217 cm³/mol. The minimum absolute atomic E-state index is 0.117. The molecule has 0 saturated heterocycles. The first-order chi connectivity index (χ1) is 26.8. The number of carbonyl (C=O) groups is 1. The van der Waals surface area contributed by atoms with Gasteiger partial charge in [0.1, 0.15) is 17.2 Å². The number of aromatic amines is 2. The number of nitrogens with zero attached hydrogens (tertiary/aromatic N) is 2. The third-order valence-corrected chi connectivity index (χ3v) is 9.75. The minimum atomic E-state index is -0.433. The van der Waals surface area contributed by atoms with Gasteiger partial charge in [-0.2, -0.15) is 0 Å². The van der Waals surface area contributed by atoms with Crippen LogP contribution < -0.4 is 0 Å². The fraction of sp³-hybridized carbons (Fsp3) is 0.0217. The molecule has 7 aromatic rings. The quantitative estimate of drug-likeness (QED) is 0.111. The third-order valence-electron chi connectivity index (χ3n) is 9.75. The van der Waals surface area contributed by atoms with E-state index in [9.17, 15) is 20.1 Å². The van der Waals surface area contributed by atoms with Gasteiger partial charge in [-0.3, -0.25) is 0 Å². The molecule has 9 heteroatoms. The van der Waals surface area contributed by atoms with Gasteiger partial charge in [-0.05, 0) is 119 Å². The van der Waals surface area contributed by atoms with Gasteiger partial charge in [0.05, 0.1) is 35.4 Å². The number of phenolic OH excluding ortho intramolecular Hbond substituents is 3. The first kappa shape index (κ1) is 33.2. The summed E-state index contributed by atoms with van der Waals surface area (Å²) in [5.74, 6) is -0.0783. The number of aromatic hydroxyl groups is 3. The SMILES string of the molecule is COC(=O)c1ccc(-c2c3nc(c(-c4cccc(O)c4)c4ccc([nH]4)c(-c4cccc(O)c4)c4nc(c(-c5cccc(O)c5)c5ccc2[nH]5)C=C4)C=C3)cc1. The van der Waals surface area contributed by atoms with Crippen LogP contribution in [0.3, 0.4) is 0 Å². The van der Waals surface area contributed by atoms with Crippen LogP contribution in [0.5, 0.6) is 17.2 Å². The molecule has 0 amide bonds. The van der Waals surface area contributed by atoms with Gasteiger partial charge < -0.3 is 30.0 Å². The Balaban J connectivity index is 1.46. The highest BCUT2D eigenvalue weighted by molar-refractivity contribution is 6.00. The van der Waals surface area contributed by atoms with Crippen molar-refractivity contribution in [3.05, 3.63) is 150 Å². The van der Waals surface area contributed by atoms with Gasteiger partial charge in [0.25, 0.3) is 0 Å². The van der Waals surface area contributed by atoms with Crippen LogP contribution in [0.25, 0.3) is 90.9 Å². The first-order valence-corrected chi connectivity index (χ1v) is 17.6. The van der Waals surface area contributed by atoms with Gasteiger partial charge in [0.15, 0.2) is 0 Å². The molecule has 0 atom stereocenters. The average Bonchev–Trinajstić information content (AvgIpc) is 4.03. The molecule has 4 aromatic carbocycles. The van der Waals surface area contributed by atoms with Crippen molar-refractivity contribution in [1.29, 1.82) is 0 Å². The lowest BCUT2D eigenvalue weighted by atomic mass is 10.0. The molecule has 2 aliphatic heterocycles. The van der Waals surface area contributed by atoms with Crippen molar-refractivity contribution in [3.8, 4) is 61.8 Å². The lowest BCUT2D eigenvalue weighted by molar-refractivity contribution is 0.0600. The largest absolute Gasteiger partial charge is 0.508 e. The number of methoxy groups -OCH3 is 1. The van der Waals surface area contributed by atoms with E-state index in [0.717, 1.165) is 66.6 Å². The zero-order valence-corrected chi connectivity index (χ0v) is 29.4. The highest BCUT2D eigenvalue weighted by Crippen LogP contribution is 2.39. The molecule has 9 nitrogen and oxygen atoms in total. The molecule has 0 fully saturated rings. The molecule has 0 radical (unpaired) electrons. The van der Waals surface area contributed by atoms with E-state index in [2.05, 4.69) is 9.97 Å². The molecule has 9 rings (SSSR count). The minimum Gasteiger partial charge on any atom is -0.508 e. The fourth-order valence-electron chi connectivity index (χ4n) is 7.30. The van der Waals surface area contributed by atoms with E-state index < -0.39 is 5.97 Å². The van der Waals surface area contributed by atoms with Crippen molar-refractivity contribution in [1.82, 2.24) is 19.9 Å². The van der Waals surface area contributed by atoms with Gasteiger partial charge in [0, 0.05) is 44.3 Å². The number of H-pyrrole nitrogens is 2. The highest BCUT2D eigenvalue weighted by atomic mass is 16.5. The molecular formula is C46H32N4O5. The van der Waals surface area contributed by atoms with Crippen LogP contribution in [0.1, 0.15) is 33.1 Å². The molecule has 2 aliphatic rings. The first-order valence-electron chi connectivity index (χ1n) is 17.6. The molecule has 0 aliphatic carbocycles. The van der Waals surface area contributed by atoms with Crippen LogP contribution in [0.4, 0.5) is 0 Å². The van der Waals surface area contributed by atoms with E-state index in [1.807, 2.05) is 78.9 Å². The number of ether oxygens (including phenoxy) is 1. The van der Waals surface area contributed by atoms with Crippen molar-refractivity contribution < 1.29 is 24.9 Å². The Morgan fingerprint density at radius 2 is 0.818 bits per heavy atom. The second-order valence-corrected chi connectivity index (χ2v) is 13.2. The van der Waals surface area contributed by atoms with E-state index in [0.29, 0.717) is 28.3 Å². The van der Waals surface area contributed by atoms with Crippen LogP contribution in [0.2, 0.25) is 0 Å². The van der Waals surface area contributed by atoms with Gasteiger partial charge in [-0.25, -0.2) is 14.8 Å². The number of fused-ring (bicyclic) bond motifs is 8. The Hall–Kier alpha value is -7.65. The molecule has 5 heterocycles. The second-order valence-electron chi connectivity index (χ2n) is 13.2. The molecule has 8 bridgehead atoms. The Morgan fingerprint density at radius 3 is 1.15 bits per heavy atom. The maximum absolute atomic E-state index is 12.4. The van der Waals surface area contributed by atoms with E-state index in [1.165, 1.54) is 7.11 Å². The highest BCUT2D eigenvalue weighted by Gasteiger charge is 2.20. The van der Waals surface area contributed by atoms with E-state index in [1.54, 1.807) is 66.7 Å². The predicted octanol–water partition coefficient (Wildman–Crippen LogP) is 10.2. The van der Waals surface area contributed by atoms with Crippen molar-refractivity contribution in [2.45, 2.75) is 0 Å². The molecular weight excluding hydrogens is 689 g/mol. The lowest BCUT2D eigenvalue weighted by Crippen LogP contribution is -2.00. The van der Waals surface area contributed by atoms with Crippen LogP contribution in [0, 0.1) is 0 Å². The van der Waals surface area contributed by atoms with Gasteiger partial charge in [0.2, 0.25) is 0 Å². The summed E-state index contributed by atoms with van der Waals surface area (Å²) in [5.41, 5.74) is 12.2. The maximum Gasteiger partial charge on any atom is 0.337 e. The summed E-state index contributed by atoms with van der Waals surface area (Å²) in [6.45, 7) is 0. The van der Waals surface area contributed by atoms with Crippen molar-refractivity contribution in [2.75, 3.05) is 7.11 Å². The Kier molecular flexibility index (Phi) is 8.09. The Labute approximate surface area is 314 Å². The number of benzene rings is 4. The maximum atomic E-state index is 12.4. The van der Waals surface area contributed by atoms with E-state index >= 15 is 0 Å². The summed E-state index contributed by atoms with van der Waals surface area (Å²) in [7, 11) is 1.35. The van der Waals surface area contributed by atoms with Gasteiger partial charge >= 0.3 is 5.97 Å². The van der Waals surface area contributed by atoms with Crippen molar-refractivity contribution in [2.24, 2.45) is 0 Å². The van der Waals surface area contributed by atoms with Crippen LogP contribution in [-0.4, -0.2) is 48.3 Å². The third kappa shape index (κ3) is 6.09. The van der Waals surface area contributed by atoms with E-state index in [-0.39, 0.29) is 17.2 Å². The normalized spacial score (nSPS) is 11.9. The topological polar surface area (TPSA) is 144 Å². The van der Waals surface area contributed by atoms with Crippen molar-refractivity contribution >= 4 is 52.3 Å². The standard InChI is InChI=1S/C46H32N4O5/c1-55-46(54)27-13-11-26(12-14-27)42-34-15-17-36(47-34)43(28-5-2-8-31(51)23-28)38-19-21-40(49-38)45(30-7-4-10-33(53)25-30)41-22-20-39(50-41)44(37-18-16-35(42)48-37)29-6-3-9-32(52)24-29/h2-25,47,50-53H,1H3. The molecule has 5 N–H and O–H groups in total. The summed E-state index contributed by atoms with van der Waals surface area (Å²) in [6.07, 6.45) is 7.81. The van der Waals surface area contributed by atoms with Crippen LogP contribution in [-0.2, 0) is 4.74 Å². The number of phenols is 3. The molecule has 0 saturated carbocycles. The van der Waals surface area contributed by atoms with Crippen LogP contribution >= 0.6 is 0 Å². The van der Waals surface area contributed by atoms with Gasteiger partial charge in [-0.1, -0.05) is 48.5 Å². The Morgan fingerprint density at radius 1 is 0.473 bits per heavy atom. The number of esters is 1. The van der Waals surface area contributed by atoms with Crippen LogP contribution in [0.15, 0.2) is 121 Å². The summed E-state index contributed by atoms with van der Waals surface area (Å²) in [5, 5.41) is 31.8. The zero-order chi connectivity index (χ0) is 37.6. The molecule has 266 valence electrons. The summed E-state index contributed by atoms with van der Waals surface area (Å²) < 4.78 is 4.96. The number of nitrogens with one attached hydrogen (secondary N) is 2. The smallest absolute Gasteiger partial charge is 0.337 e. The van der Waals surface area contributed by atoms with E-state index in [4.69, 9.17) is 14.7 Å². The molecule has 0 spiro atoms. The summed E-state index contributed by atoms with van der Waals surface area (Å²) >= 11 is 0. The number of hydrogen-bond donors (Lipinski definition) is 5. The summed E-state index contributed by atoms with van der Waals surface area (Å²) in [6, 6.07) is 36.3. The molecule has 0 unspecified atom stereocenters. The molecule has 3 aromatic heterocycles.